The van der Waals surface area contributed by atoms with Gasteiger partial charge in [0.2, 0.25) is 0 Å². The number of carboxylic acid groups (broad SMARTS) is 1. The molecule has 0 amide bonds. The molecule has 0 aliphatic rings. The van der Waals surface area contributed by atoms with Gasteiger partial charge in [-0.2, -0.15) is 0 Å². The van der Waals surface area contributed by atoms with Crippen LogP contribution in [-0.2, 0) is 4.79 Å². The van der Waals surface area contributed by atoms with E-state index in [1.165, 1.54) is 18.2 Å². The molecule has 20 heavy (non-hydrogen) atoms. The Kier molecular flexibility index (Phi) is 5.54. The van der Waals surface area contributed by atoms with Crippen LogP contribution in [0.2, 0.25) is 0 Å². The molecule has 0 radical (unpaired) electrons. The molecule has 0 aromatic heterocycles. The summed E-state index contributed by atoms with van der Waals surface area (Å²) >= 11 is 0. The normalized spacial score (nSPS) is 11.4. The number of carboxylic acids is 1. The molecule has 0 heterocycles. The van der Waals surface area contributed by atoms with Gasteiger partial charge in [0.15, 0.2) is 5.75 Å². The first kappa shape index (κ1) is 15.5. The van der Waals surface area contributed by atoms with Gasteiger partial charge in [-0.25, -0.2) is 0 Å². The standard InChI is InChI=1S/C14H15NO5/c1-3-5-11(14(16)17)10-6-7-13(20-8-4-2)12(9-10)15(18)19/h2,6-7,9,11H,3,5,8H2,1H3,(H,16,17). The number of nitro benzene ring substituents is 1. The lowest BCUT2D eigenvalue weighted by Gasteiger charge is -2.12. The number of nitro groups is 1. The van der Waals surface area contributed by atoms with E-state index in [0.717, 1.165) is 0 Å². The first-order valence-corrected chi connectivity index (χ1v) is 6.08. The first-order valence-electron chi connectivity index (χ1n) is 6.08. The quantitative estimate of drug-likeness (QED) is 0.470. The molecule has 0 aliphatic heterocycles. The van der Waals surface area contributed by atoms with E-state index in [1.54, 1.807) is 0 Å². The zero-order valence-electron chi connectivity index (χ0n) is 11.0. The van der Waals surface area contributed by atoms with Gasteiger partial charge in [-0.15, -0.1) is 6.42 Å². The Bertz CT molecular complexity index is 547. The van der Waals surface area contributed by atoms with Crippen LogP contribution < -0.4 is 4.74 Å². The summed E-state index contributed by atoms with van der Waals surface area (Å²) in [5, 5.41) is 20.2. The number of nitrogens with zero attached hydrogens (tertiary/aromatic N) is 1. The van der Waals surface area contributed by atoms with E-state index in [4.69, 9.17) is 11.2 Å². The van der Waals surface area contributed by atoms with Crippen LogP contribution in [0.1, 0.15) is 31.2 Å². The summed E-state index contributed by atoms with van der Waals surface area (Å²) in [5.74, 6) is 0.494. The third kappa shape index (κ3) is 3.72. The fraction of sp³-hybridized carbons (Fsp3) is 0.357. The molecule has 0 bridgehead atoms. The van der Waals surface area contributed by atoms with Crippen molar-refractivity contribution in [1.29, 1.82) is 0 Å². The van der Waals surface area contributed by atoms with Crippen LogP contribution in [0, 0.1) is 22.5 Å². The van der Waals surface area contributed by atoms with Crippen LogP contribution in [0.25, 0.3) is 0 Å². The molecular formula is C14H15NO5. The van der Waals surface area contributed by atoms with Crippen LogP contribution in [0.3, 0.4) is 0 Å². The lowest BCUT2D eigenvalue weighted by atomic mass is 9.94. The minimum absolute atomic E-state index is 0.0392. The van der Waals surface area contributed by atoms with Crippen molar-refractivity contribution in [2.45, 2.75) is 25.7 Å². The average molecular weight is 277 g/mol. The predicted octanol–water partition coefficient (Wildman–Crippen LogP) is 2.58. The summed E-state index contributed by atoms with van der Waals surface area (Å²) in [6, 6.07) is 4.14. The van der Waals surface area contributed by atoms with Gasteiger partial charge in [0.05, 0.1) is 10.8 Å². The number of carbonyl (C=O) groups is 1. The molecule has 106 valence electrons. The largest absolute Gasteiger partial charge is 0.481 e. The Morgan fingerprint density at radius 2 is 2.30 bits per heavy atom. The van der Waals surface area contributed by atoms with Gasteiger partial charge in [-0.1, -0.05) is 25.3 Å². The smallest absolute Gasteiger partial charge is 0.311 e. The summed E-state index contributed by atoms with van der Waals surface area (Å²) in [5.41, 5.74) is 0.110. The lowest BCUT2D eigenvalue weighted by Crippen LogP contribution is -2.12. The zero-order valence-corrected chi connectivity index (χ0v) is 11.0. The van der Waals surface area contributed by atoms with Crippen LogP contribution in [0.15, 0.2) is 18.2 Å². The number of rotatable bonds is 7. The Labute approximate surface area is 116 Å². The molecule has 6 heteroatoms. The Balaban J connectivity index is 3.18. The highest BCUT2D eigenvalue weighted by molar-refractivity contribution is 5.76. The molecule has 0 spiro atoms. The van der Waals surface area contributed by atoms with Gasteiger partial charge in [-0.3, -0.25) is 14.9 Å². The number of terminal acetylenes is 1. The number of aliphatic carboxylic acids is 1. The summed E-state index contributed by atoms with van der Waals surface area (Å²) in [6.45, 7) is 1.77. The van der Waals surface area contributed by atoms with E-state index in [1.807, 2.05) is 6.92 Å². The number of benzene rings is 1. The van der Waals surface area contributed by atoms with Crippen LogP contribution in [0.5, 0.6) is 5.75 Å². The van der Waals surface area contributed by atoms with E-state index in [0.29, 0.717) is 18.4 Å². The fourth-order valence-electron chi connectivity index (χ4n) is 1.86. The monoisotopic (exact) mass is 277 g/mol. The molecule has 6 nitrogen and oxygen atoms in total. The third-order valence-electron chi connectivity index (χ3n) is 2.77. The summed E-state index contributed by atoms with van der Waals surface area (Å²) in [6.07, 6.45) is 6.12. The summed E-state index contributed by atoms with van der Waals surface area (Å²) < 4.78 is 5.08. The SMILES string of the molecule is C#CCOc1ccc(C(CCC)C(=O)O)cc1[N+](=O)[O-]. The molecule has 1 aromatic rings. The average Bonchev–Trinajstić information content (AvgIpc) is 2.42. The minimum atomic E-state index is -1.00. The maximum absolute atomic E-state index is 11.2. The molecule has 0 aliphatic carbocycles. The highest BCUT2D eigenvalue weighted by Crippen LogP contribution is 2.32. The van der Waals surface area contributed by atoms with Crippen molar-refractivity contribution in [3.05, 3.63) is 33.9 Å². The van der Waals surface area contributed by atoms with Crippen molar-refractivity contribution in [1.82, 2.24) is 0 Å². The molecule has 0 saturated heterocycles. The van der Waals surface area contributed by atoms with E-state index in [9.17, 15) is 20.0 Å². The minimum Gasteiger partial charge on any atom is -0.481 e. The summed E-state index contributed by atoms with van der Waals surface area (Å²) in [7, 11) is 0. The number of ether oxygens (including phenoxy) is 1. The Hall–Kier alpha value is -2.55. The maximum atomic E-state index is 11.2. The van der Waals surface area contributed by atoms with Crippen molar-refractivity contribution in [2.75, 3.05) is 6.61 Å². The second kappa shape index (κ2) is 7.14. The predicted molar refractivity (Wildman–Crippen MR) is 72.7 cm³/mol. The molecule has 1 N–H and O–H groups in total. The maximum Gasteiger partial charge on any atom is 0.311 e. The molecule has 1 unspecified atom stereocenters. The van der Waals surface area contributed by atoms with Crippen LogP contribution >= 0.6 is 0 Å². The molecule has 1 rings (SSSR count). The van der Waals surface area contributed by atoms with Crippen molar-refractivity contribution in [2.24, 2.45) is 0 Å². The van der Waals surface area contributed by atoms with Gasteiger partial charge in [0.25, 0.3) is 0 Å². The van der Waals surface area contributed by atoms with E-state index >= 15 is 0 Å². The van der Waals surface area contributed by atoms with Crippen LogP contribution in [-0.4, -0.2) is 22.6 Å². The summed E-state index contributed by atoms with van der Waals surface area (Å²) in [4.78, 5) is 21.6. The third-order valence-corrected chi connectivity index (χ3v) is 2.77. The lowest BCUT2D eigenvalue weighted by molar-refractivity contribution is -0.385. The van der Waals surface area contributed by atoms with E-state index in [-0.39, 0.29) is 18.0 Å². The van der Waals surface area contributed by atoms with E-state index in [2.05, 4.69) is 5.92 Å². The number of hydrogen-bond acceptors (Lipinski definition) is 4. The van der Waals surface area contributed by atoms with Crippen molar-refractivity contribution >= 4 is 11.7 Å². The van der Waals surface area contributed by atoms with Gasteiger partial charge in [-0.05, 0) is 18.1 Å². The van der Waals surface area contributed by atoms with Crippen molar-refractivity contribution in [3.63, 3.8) is 0 Å². The Morgan fingerprint density at radius 3 is 2.80 bits per heavy atom. The number of hydrogen-bond donors (Lipinski definition) is 1. The van der Waals surface area contributed by atoms with Gasteiger partial charge >= 0.3 is 11.7 Å². The Morgan fingerprint density at radius 1 is 1.60 bits per heavy atom. The molecule has 0 fully saturated rings. The highest BCUT2D eigenvalue weighted by atomic mass is 16.6. The van der Waals surface area contributed by atoms with Crippen molar-refractivity contribution in [3.8, 4) is 18.1 Å². The second-order valence-corrected chi connectivity index (χ2v) is 4.16. The van der Waals surface area contributed by atoms with Crippen LogP contribution in [0.4, 0.5) is 5.69 Å². The zero-order chi connectivity index (χ0) is 15.1. The molecular weight excluding hydrogens is 262 g/mol. The highest BCUT2D eigenvalue weighted by Gasteiger charge is 2.23. The first-order chi connectivity index (χ1) is 9.51. The van der Waals surface area contributed by atoms with E-state index < -0.39 is 16.8 Å². The van der Waals surface area contributed by atoms with Crippen molar-refractivity contribution < 1.29 is 19.6 Å². The van der Waals surface area contributed by atoms with Gasteiger partial charge in [0, 0.05) is 6.07 Å². The molecule has 1 atom stereocenters. The molecule has 0 saturated carbocycles. The van der Waals surface area contributed by atoms with Gasteiger partial charge in [0.1, 0.15) is 6.61 Å². The fourth-order valence-corrected chi connectivity index (χ4v) is 1.86. The second-order valence-electron chi connectivity index (χ2n) is 4.16. The molecule has 1 aromatic carbocycles. The topological polar surface area (TPSA) is 89.7 Å². The van der Waals surface area contributed by atoms with Gasteiger partial charge < -0.3 is 9.84 Å².